The number of carboxylic acids is 3. The lowest BCUT2D eigenvalue weighted by Gasteiger charge is -2.44. The molecule has 0 atom stereocenters. The standard InChI is InChI=1S/C21H37N3O7/c1-20(2,3)16(25)7-5-6-8-21(22(4)11-17(26)27)14-23(12-18(28)29)9-10-24(15-21)13-19(30)31/h5-15H2,1-4H3,(H,26,27)(H,28,29)(H,30,31). The van der Waals surface area contributed by atoms with Crippen LogP contribution in [0.1, 0.15) is 46.5 Å². The average Bonchev–Trinajstić information content (AvgIpc) is 2.76. The number of aliphatic carboxylic acids is 3. The van der Waals surface area contributed by atoms with Crippen molar-refractivity contribution < 1.29 is 34.5 Å². The van der Waals surface area contributed by atoms with Gasteiger partial charge in [0.25, 0.3) is 0 Å². The molecule has 0 saturated carbocycles. The first-order valence-electron chi connectivity index (χ1n) is 10.6. The number of likely N-dealkylation sites (N-methyl/N-ethyl adjacent to an activating group) is 1. The van der Waals surface area contributed by atoms with Gasteiger partial charge in [0.1, 0.15) is 5.78 Å². The Hall–Kier alpha value is -2.04. The van der Waals surface area contributed by atoms with Crippen LogP contribution in [-0.4, -0.2) is 112 Å². The van der Waals surface area contributed by atoms with Crippen molar-refractivity contribution >= 4 is 23.7 Å². The summed E-state index contributed by atoms with van der Waals surface area (Å²) in [5, 5.41) is 27.9. The Morgan fingerprint density at radius 2 is 1.35 bits per heavy atom. The topological polar surface area (TPSA) is 139 Å². The van der Waals surface area contributed by atoms with Crippen molar-refractivity contribution in [1.29, 1.82) is 0 Å². The van der Waals surface area contributed by atoms with E-state index in [4.69, 9.17) is 0 Å². The number of carbonyl (C=O) groups is 4. The first-order valence-corrected chi connectivity index (χ1v) is 10.6. The second-order valence-corrected chi connectivity index (χ2v) is 9.56. The van der Waals surface area contributed by atoms with Crippen LogP contribution >= 0.6 is 0 Å². The van der Waals surface area contributed by atoms with Gasteiger partial charge in [0.15, 0.2) is 0 Å². The van der Waals surface area contributed by atoms with Crippen molar-refractivity contribution in [2.75, 3.05) is 52.9 Å². The minimum atomic E-state index is -1.01. The summed E-state index contributed by atoms with van der Waals surface area (Å²) < 4.78 is 0. The molecule has 3 N–H and O–H groups in total. The largest absolute Gasteiger partial charge is 0.480 e. The van der Waals surface area contributed by atoms with Crippen LogP contribution in [0.2, 0.25) is 0 Å². The highest BCUT2D eigenvalue weighted by Gasteiger charge is 2.41. The molecule has 1 fully saturated rings. The van der Waals surface area contributed by atoms with E-state index in [1.807, 2.05) is 20.8 Å². The van der Waals surface area contributed by atoms with Gasteiger partial charge in [-0.3, -0.25) is 33.9 Å². The van der Waals surface area contributed by atoms with Crippen LogP contribution in [0.5, 0.6) is 0 Å². The van der Waals surface area contributed by atoms with Crippen LogP contribution in [-0.2, 0) is 19.2 Å². The van der Waals surface area contributed by atoms with Gasteiger partial charge in [-0.05, 0) is 19.9 Å². The number of Topliss-reactive ketones (excluding diaryl/α,β-unsaturated/α-hetero) is 1. The number of nitrogens with zero attached hydrogens (tertiary/aromatic N) is 3. The first kappa shape index (κ1) is 27.0. The van der Waals surface area contributed by atoms with Crippen LogP contribution in [0.15, 0.2) is 0 Å². The number of carbonyl (C=O) groups excluding carboxylic acids is 1. The van der Waals surface area contributed by atoms with E-state index in [1.165, 1.54) is 0 Å². The number of rotatable bonds is 12. The first-order chi connectivity index (χ1) is 14.2. The van der Waals surface area contributed by atoms with E-state index in [9.17, 15) is 34.5 Å². The predicted molar refractivity (Wildman–Crippen MR) is 114 cm³/mol. The molecular formula is C21H37N3O7. The fraction of sp³-hybridized carbons (Fsp3) is 0.810. The molecule has 0 unspecified atom stereocenters. The Morgan fingerprint density at radius 3 is 1.74 bits per heavy atom. The maximum absolute atomic E-state index is 12.2. The average molecular weight is 444 g/mol. The molecule has 0 radical (unpaired) electrons. The van der Waals surface area contributed by atoms with E-state index >= 15 is 0 Å². The summed E-state index contributed by atoms with van der Waals surface area (Å²) in [6.45, 7) is 6.35. The van der Waals surface area contributed by atoms with Gasteiger partial charge in [-0.1, -0.05) is 27.2 Å². The minimum absolute atomic E-state index is 0.154. The van der Waals surface area contributed by atoms with Crippen molar-refractivity contribution in [2.45, 2.75) is 52.0 Å². The molecule has 1 aliphatic heterocycles. The summed E-state index contributed by atoms with van der Waals surface area (Å²) in [7, 11) is 1.68. The summed E-state index contributed by atoms with van der Waals surface area (Å²) in [6, 6.07) is 0. The molecule has 1 saturated heterocycles. The quantitative estimate of drug-likeness (QED) is 0.369. The highest BCUT2D eigenvalue weighted by molar-refractivity contribution is 5.83. The lowest BCUT2D eigenvalue weighted by Crippen LogP contribution is -2.59. The number of carboxylic acid groups (broad SMARTS) is 3. The van der Waals surface area contributed by atoms with Crippen molar-refractivity contribution in [3.8, 4) is 0 Å². The van der Waals surface area contributed by atoms with E-state index in [0.29, 0.717) is 51.9 Å². The van der Waals surface area contributed by atoms with Crippen LogP contribution in [0.4, 0.5) is 0 Å². The van der Waals surface area contributed by atoms with Crippen LogP contribution < -0.4 is 0 Å². The fourth-order valence-electron chi connectivity index (χ4n) is 4.05. The van der Waals surface area contributed by atoms with Crippen molar-refractivity contribution in [2.24, 2.45) is 5.41 Å². The molecule has 0 spiro atoms. The normalized spacial score (nSPS) is 18.0. The van der Waals surface area contributed by atoms with Crippen LogP contribution in [0, 0.1) is 5.41 Å². The third kappa shape index (κ3) is 9.32. The molecule has 178 valence electrons. The van der Waals surface area contributed by atoms with Gasteiger partial charge in [-0.2, -0.15) is 0 Å². The Bertz CT molecular complexity index is 634. The maximum atomic E-state index is 12.2. The van der Waals surface area contributed by atoms with Gasteiger partial charge >= 0.3 is 17.9 Å². The predicted octanol–water partition coefficient (Wildman–Crippen LogP) is 0.704. The molecule has 0 amide bonds. The lowest BCUT2D eigenvalue weighted by molar-refractivity contribution is -0.142. The zero-order valence-corrected chi connectivity index (χ0v) is 19.1. The summed E-state index contributed by atoms with van der Waals surface area (Å²) in [4.78, 5) is 51.5. The molecule has 0 aliphatic carbocycles. The maximum Gasteiger partial charge on any atom is 0.317 e. The summed E-state index contributed by atoms with van der Waals surface area (Å²) >= 11 is 0. The number of hydrogen-bond acceptors (Lipinski definition) is 7. The molecule has 0 bridgehead atoms. The molecule has 0 aromatic rings. The summed E-state index contributed by atoms with van der Waals surface area (Å²) in [6.07, 6.45) is 2.23. The van der Waals surface area contributed by atoms with Crippen LogP contribution in [0.3, 0.4) is 0 Å². The second-order valence-electron chi connectivity index (χ2n) is 9.56. The van der Waals surface area contributed by atoms with Gasteiger partial charge in [-0.25, -0.2) is 0 Å². The zero-order chi connectivity index (χ0) is 23.8. The highest BCUT2D eigenvalue weighted by Crippen LogP contribution is 2.28. The molecule has 10 heteroatoms. The van der Waals surface area contributed by atoms with Crippen LogP contribution in [0.25, 0.3) is 0 Å². The second kappa shape index (κ2) is 11.5. The van der Waals surface area contributed by atoms with E-state index in [-0.39, 0.29) is 25.4 Å². The van der Waals surface area contributed by atoms with E-state index in [1.54, 1.807) is 21.7 Å². The third-order valence-corrected chi connectivity index (χ3v) is 5.80. The Morgan fingerprint density at radius 1 is 0.871 bits per heavy atom. The molecule has 1 rings (SSSR count). The Balaban J connectivity index is 3.09. The molecule has 0 aromatic heterocycles. The van der Waals surface area contributed by atoms with Gasteiger partial charge in [0.05, 0.1) is 19.6 Å². The van der Waals surface area contributed by atoms with Gasteiger partial charge < -0.3 is 15.3 Å². The van der Waals surface area contributed by atoms with E-state index < -0.39 is 28.9 Å². The molecule has 1 aliphatic rings. The zero-order valence-electron chi connectivity index (χ0n) is 19.1. The Labute approximate surface area is 183 Å². The molecule has 31 heavy (non-hydrogen) atoms. The monoisotopic (exact) mass is 443 g/mol. The molecule has 10 nitrogen and oxygen atoms in total. The number of ketones is 1. The van der Waals surface area contributed by atoms with Crippen molar-refractivity contribution in [3.05, 3.63) is 0 Å². The molecule has 0 aromatic carbocycles. The molecular weight excluding hydrogens is 406 g/mol. The van der Waals surface area contributed by atoms with Gasteiger partial charge in [0, 0.05) is 43.6 Å². The number of hydrogen-bond donors (Lipinski definition) is 3. The van der Waals surface area contributed by atoms with Crippen molar-refractivity contribution in [1.82, 2.24) is 14.7 Å². The molecule has 1 heterocycles. The minimum Gasteiger partial charge on any atom is -0.480 e. The Kier molecular flexibility index (Phi) is 10.1. The third-order valence-electron chi connectivity index (χ3n) is 5.80. The summed E-state index contributed by atoms with van der Waals surface area (Å²) in [5.41, 5.74) is -1.17. The lowest BCUT2D eigenvalue weighted by atomic mass is 9.85. The summed E-state index contributed by atoms with van der Waals surface area (Å²) in [5.74, 6) is -2.83. The van der Waals surface area contributed by atoms with Gasteiger partial charge in [-0.15, -0.1) is 0 Å². The van der Waals surface area contributed by atoms with E-state index in [0.717, 1.165) is 0 Å². The van der Waals surface area contributed by atoms with Crippen molar-refractivity contribution in [3.63, 3.8) is 0 Å². The number of unbranched alkanes of at least 4 members (excludes halogenated alkanes) is 1. The van der Waals surface area contributed by atoms with E-state index in [2.05, 4.69) is 0 Å². The SMILES string of the molecule is CN(CC(=O)O)C1(CCCCC(=O)C(C)(C)C)CN(CC(=O)O)CCN(CC(=O)O)C1. The fourth-order valence-corrected chi connectivity index (χ4v) is 4.05. The highest BCUT2D eigenvalue weighted by atomic mass is 16.4. The van der Waals surface area contributed by atoms with Gasteiger partial charge in [0.2, 0.25) is 0 Å². The smallest absolute Gasteiger partial charge is 0.317 e.